The van der Waals surface area contributed by atoms with Crippen LogP contribution in [0.5, 0.6) is 0 Å². The molecule has 0 N–H and O–H groups in total. The van der Waals surface area contributed by atoms with E-state index in [1.807, 2.05) is 27.7 Å². The number of esters is 1. The Kier molecular flexibility index (Phi) is 7.14. The highest BCUT2D eigenvalue weighted by Gasteiger charge is 2.42. The van der Waals surface area contributed by atoms with Gasteiger partial charge in [0.05, 0.1) is 11.1 Å². The van der Waals surface area contributed by atoms with Gasteiger partial charge in [0.15, 0.2) is 0 Å². The number of amides is 1. The molecule has 0 spiro atoms. The summed E-state index contributed by atoms with van der Waals surface area (Å²) >= 11 is 9.29. The zero-order valence-corrected chi connectivity index (χ0v) is 18.5. The van der Waals surface area contributed by atoms with Crippen molar-refractivity contribution in [3.05, 3.63) is 27.5 Å². The highest BCUT2D eigenvalue weighted by Crippen LogP contribution is 2.37. The van der Waals surface area contributed by atoms with Crippen LogP contribution in [-0.4, -0.2) is 40.6 Å². The topological polar surface area (TPSA) is 68.7 Å². The number of nitrogens with zero attached hydrogens (tertiary/aromatic N) is 2. The number of piperidine rings is 1. The molecular formula is C19H26BrClN2O4. The van der Waals surface area contributed by atoms with Crippen molar-refractivity contribution in [1.29, 1.82) is 0 Å². The molecule has 0 aliphatic carbocycles. The highest BCUT2D eigenvalue weighted by atomic mass is 79.9. The maximum absolute atomic E-state index is 12.8. The second-order valence-corrected chi connectivity index (χ2v) is 8.98. The van der Waals surface area contributed by atoms with Crippen LogP contribution in [-0.2, 0) is 20.9 Å². The Hall–Kier alpha value is -1.34. The Morgan fingerprint density at radius 2 is 1.93 bits per heavy atom. The van der Waals surface area contributed by atoms with Crippen LogP contribution in [0.2, 0.25) is 5.15 Å². The van der Waals surface area contributed by atoms with Gasteiger partial charge in [0.2, 0.25) is 0 Å². The van der Waals surface area contributed by atoms with Crippen LogP contribution in [0.3, 0.4) is 0 Å². The fourth-order valence-corrected chi connectivity index (χ4v) is 3.49. The summed E-state index contributed by atoms with van der Waals surface area (Å²) < 4.78 is 11.7. The van der Waals surface area contributed by atoms with E-state index in [1.165, 1.54) is 0 Å². The van der Waals surface area contributed by atoms with Gasteiger partial charge in [0.1, 0.15) is 17.4 Å². The minimum absolute atomic E-state index is 0.0531. The van der Waals surface area contributed by atoms with Crippen molar-refractivity contribution in [1.82, 2.24) is 9.88 Å². The predicted molar refractivity (Wildman–Crippen MR) is 107 cm³/mol. The van der Waals surface area contributed by atoms with Gasteiger partial charge in [0.25, 0.3) is 0 Å². The molecule has 0 radical (unpaired) electrons. The molecule has 2 rings (SSSR count). The average molecular weight is 462 g/mol. The minimum atomic E-state index is -0.594. The van der Waals surface area contributed by atoms with Gasteiger partial charge in [-0.15, -0.1) is 0 Å². The Labute approximate surface area is 173 Å². The smallest absolute Gasteiger partial charge is 0.410 e. The summed E-state index contributed by atoms with van der Waals surface area (Å²) in [5.74, 6) is -0.262. The molecule has 6 nitrogen and oxygen atoms in total. The van der Waals surface area contributed by atoms with Crippen molar-refractivity contribution < 1.29 is 19.1 Å². The molecule has 27 heavy (non-hydrogen) atoms. The van der Waals surface area contributed by atoms with Crippen LogP contribution in [0.4, 0.5) is 4.79 Å². The van der Waals surface area contributed by atoms with Gasteiger partial charge >= 0.3 is 12.1 Å². The van der Waals surface area contributed by atoms with Gasteiger partial charge in [0, 0.05) is 17.6 Å². The lowest BCUT2D eigenvalue weighted by Gasteiger charge is -2.39. The number of likely N-dealkylation sites (tertiary alicyclic amines) is 1. The number of pyridine rings is 1. The molecule has 1 fully saturated rings. The Balaban J connectivity index is 1.96. The first-order valence-corrected chi connectivity index (χ1v) is 10.2. The number of rotatable bonds is 4. The molecule has 1 aliphatic heterocycles. The Bertz CT molecular complexity index is 697. The molecule has 150 valence electrons. The standard InChI is InChI=1S/C19H26BrClN2O4/c1-5-19(8-10-23(11-9-19)17(25)27-18(2,3)4)16(24)26-12-14-13(20)6-7-15(21)22-14/h6-7H,5,8-12H2,1-4H3. The summed E-state index contributed by atoms with van der Waals surface area (Å²) in [6.07, 6.45) is 1.41. The van der Waals surface area contributed by atoms with Crippen LogP contribution in [0.15, 0.2) is 16.6 Å². The second kappa shape index (κ2) is 8.78. The molecule has 0 bridgehead atoms. The minimum Gasteiger partial charge on any atom is -0.459 e. The molecule has 0 unspecified atom stereocenters. The number of aromatic nitrogens is 1. The lowest BCUT2D eigenvalue weighted by Crippen LogP contribution is -2.48. The first-order valence-electron chi connectivity index (χ1n) is 9.02. The molecule has 2 heterocycles. The molecule has 1 aliphatic rings. The lowest BCUT2D eigenvalue weighted by molar-refractivity contribution is -0.161. The summed E-state index contributed by atoms with van der Waals surface area (Å²) in [5.41, 5.74) is -0.552. The van der Waals surface area contributed by atoms with Crippen LogP contribution < -0.4 is 0 Å². The Morgan fingerprint density at radius 1 is 1.30 bits per heavy atom. The number of hydrogen-bond acceptors (Lipinski definition) is 5. The second-order valence-electron chi connectivity index (χ2n) is 7.74. The van der Waals surface area contributed by atoms with Crippen molar-refractivity contribution in [2.24, 2.45) is 5.41 Å². The zero-order chi connectivity index (χ0) is 20.2. The van der Waals surface area contributed by atoms with E-state index >= 15 is 0 Å². The molecule has 1 aromatic rings. The largest absolute Gasteiger partial charge is 0.459 e. The highest BCUT2D eigenvalue weighted by molar-refractivity contribution is 9.10. The number of carbonyl (C=O) groups excluding carboxylic acids is 2. The van der Waals surface area contributed by atoms with E-state index in [0.717, 1.165) is 4.47 Å². The van der Waals surface area contributed by atoms with Gasteiger partial charge in [-0.3, -0.25) is 4.79 Å². The van der Waals surface area contributed by atoms with Crippen LogP contribution in [0.1, 0.15) is 52.7 Å². The maximum atomic E-state index is 12.8. The number of hydrogen-bond donors (Lipinski definition) is 0. The lowest BCUT2D eigenvalue weighted by atomic mass is 9.76. The van der Waals surface area contributed by atoms with Crippen LogP contribution in [0.25, 0.3) is 0 Å². The summed E-state index contributed by atoms with van der Waals surface area (Å²) in [5, 5.41) is 0.347. The molecule has 0 saturated carbocycles. The van der Waals surface area contributed by atoms with Crippen molar-refractivity contribution in [2.75, 3.05) is 13.1 Å². The first kappa shape index (κ1) is 22.0. The SMILES string of the molecule is CCC1(C(=O)OCc2nc(Cl)ccc2Br)CCN(C(=O)OC(C)(C)C)CC1. The number of carbonyl (C=O) groups is 2. The molecule has 0 aromatic carbocycles. The van der Waals surface area contributed by atoms with E-state index < -0.39 is 11.0 Å². The van der Waals surface area contributed by atoms with Crippen molar-refractivity contribution in [2.45, 2.75) is 59.2 Å². The van der Waals surface area contributed by atoms with E-state index in [1.54, 1.807) is 17.0 Å². The van der Waals surface area contributed by atoms with Gasteiger partial charge in [-0.05, 0) is 68.1 Å². The van der Waals surface area contributed by atoms with Crippen LogP contribution >= 0.6 is 27.5 Å². The van der Waals surface area contributed by atoms with Crippen molar-refractivity contribution in [3.8, 4) is 0 Å². The third-order valence-electron chi connectivity index (χ3n) is 4.71. The first-order chi connectivity index (χ1) is 12.6. The molecule has 1 saturated heterocycles. The normalized spacial score (nSPS) is 16.7. The predicted octanol–water partition coefficient (Wildman–Crippen LogP) is 4.97. The molecule has 1 aromatic heterocycles. The average Bonchev–Trinajstić information content (AvgIpc) is 2.60. The monoisotopic (exact) mass is 460 g/mol. The quantitative estimate of drug-likeness (QED) is 0.468. The van der Waals surface area contributed by atoms with E-state index in [-0.39, 0.29) is 18.7 Å². The zero-order valence-electron chi connectivity index (χ0n) is 16.2. The van der Waals surface area contributed by atoms with Gasteiger partial charge in [-0.1, -0.05) is 18.5 Å². The summed E-state index contributed by atoms with van der Waals surface area (Å²) in [4.78, 5) is 30.9. The maximum Gasteiger partial charge on any atom is 0.410 e. The van der Waals surface area contributed by atoms with Crippen LogP contribution in [0, 0.1) is 5.41 Å². The summed E-state index contributed by atoms with van der Waals surface area (Å²) in [6.45, 7) is 8.48. The van der Waals surface area contributed by atoms with Gasteiger partial charge < -0.3 is 14.4 Å². The fourth-order valence-electron chi connectivity index (χ4n) is 2.99. The molecule has 0 atom stereocenters. The third-order valence-corrected chi connectivity index (χ3v) is 5.64. The third kappa shape index (κ3) is 5.82. The fraction of sp³-hybridized carbons (Fsp3) is 0.632. The van der Waals surface area contributed by atoms with Crippen molar-refractivity contribution >= 4 is 39.6 Å². The Morgan fingerprint density at radius 3 is 2.48 bits per heavy atom. The molecule has 1 amide bonds. The van der Waals surface area contributed by atoms with Crippen molar-refractivity contribution in [3.63, 3.8) is 0 Å². The van der Waals surface area contributed by atoms with E-state index in [0.29, 0.717) is 43.2 Å². The number of ether oxygens (including phenoxy) is 2. The summed E-state index contributed by atoms with van der Waals surface area (Å²) in [6, 6.07) is 3.43. The van der Waals surface area contributed by atoms with E-state index in [2.05, 4.69) is 20.9 Å². The molecular weight excluding hydrogens is 436 g/mol. The number of halogens is 2. The van der Waals surface area contributed by atoms with Gasteiger partial charge in [-0.25, -0.2) is 9.78 Å². The van der Waals surface area contributed by atoms with E-state index in [4.69, 9.17) is 21.1 Å². The van der Waals surface area contributed by atoms with E-state index in [9.17, 15) is 9.59 Å². The summed E-state index contributed by atoms with van der Waals surface area (Å²) in [7, 11) is 0. The molecule has 8 heteroatoms. The van der Waals surface area contributed by atoms with Gasteiger partial charge in [-0.2, -0.15) is 0 Å².